The molecule has 0 saturated heterocycles. The van der Waals surface area contributed by atoms with Crippen molar-refractivity contribution in [3.8, 4) is 0 Å². The van der Waals surface area contributed by atoms with Gasteiger partial charge in [0.1, 0.15) is 5.76 Å². The second-order valence-electron chi connectivity index (χ2n) is 9.39. The number of allylic oxidation sites excluding steroid dienone is 6. The molecule has 0 radical (unpaired) electrons. The molecule has 0 aromatic heterocycles. The Balaban J connectivity index is 2.96. The van der Waals surface area contributed by atoms with E-state index in [0.29, 0.717) is 17.3 Å². The summed E-state index contributed by atoms with van der Waals surface area (Å²) >= 11 is 0. The predicted octanol–water partition coefficient (Wildman–Crippen LogP) is 6.26. The van der Waals surface area contributed by atoms with Gasteiger partial charge in [-0.05, 0) is 57.1 Å². The number of ether oxygens (including phenoxy) is 2. The number of esters is 1. The van der Waals surface area contributed by atoms with Crippen molar-refractivity contribution in [2.24, 2.45) is 17.8 Å². The minimum atomic E-state index is -1.61. The van der Waals surface area contributed by atoms with Crippen molar-refractivity contribution in [1.82, 2.24) is 0 Å². The monoisotopic (exact) mass is 444 g/mol. The van der Waals surface area contributed by atoms with Gasteiger partial charge in [0.25, 0.3) is 0 Å². The van der Waals surface area contributed by atoms with Crippen molar-refractivity contribution in [1.29, 1.82) is 0 Å². The average molecular weight is 445 g/mol. The zero-order valence-electron chi connectivity index (χ0n) is 21.4. The van der Waals surface area contributed by atoms with E-state index in [9.17, 15) is 14.4 Å². The van der Waals surface area contributed by atoms with Gasteiger partial charge in [-0.3, -0.25) is 14.4 Å². The summed E-state index contributed by atoms with van der Waals surface area (Å²) < 4.78 is 10.9. The maximum Gasteiger partial charge on any atom is 0.315 e. The third-order valence-corrected chi connectivity index (χ3v) is 5.86. The van der Waals surface area contributed by atoms with Crippen LogP contribution in [-0.2, 0) is 23.9 Å². The number of ketones is 2. The summed E-state index contributed by atoms with van der Waals surface area (Å²) in [4.78, 5) is 36.6. The van der Waals surface area contributed by atoms with Crippen molar-refractivity contribution in [2.75, 3.05) is 0 Å². The van der Waals surface area contributed by atoms with Gasteiger partial charge >= 0.3 is 11.8 Å². The first kappa shape index (κ1) is 27.6. The predicted molar refractivity (Wildman–Crippen MR) is 128 cm³/mol. The lowest BCUT2D eigenvalue weighted by atomic mass is 9.88. The second-order valence-corrected chi connectivity index (χ2v) is 9.39. The van der Waals surface area contributed by atoms with Gasteiger partial charge in [-0.15, -0.1) is 0 Å². The number of hydrogen-bond acceptors (Lipinski definition) is 5. The van der Waals surface area contributed by atoms with Crippen LogP contribution in [-0.4, -0.2) is 23.3 Å². The zero-order chi connectivity index (χ0) is 24.8. The molecule has 0 aromatic rings. The van der Waals surface area contributed by atoms with E-state index < -0.39 is 11.8 Å². The molecule has 2 unspecified atom stereocenters. The number of carbonyl (C=O) groups excluding carboxylic acids is 3. The summed E-state index contributed by atoms with van der Waals surface area (Å²) in [6, 6.07) is 0. The van der Waals surface area contributed by atoms with Gasteiger partial charge in [0.2, 0.25) is 5.78 Å². The summed E-state index contributed by atoms with van der Waals surface area (Å²) in [6.07, 6.45) is 7.98. The number of Topliss-reactive ketones (excluding diaryl/α,β-unsaturated/α-hetero) is 2. The highest BCUT2D eigenvalue weighted by molar-refractivity contribution is 6.04. The Kier molecular flexibility index (Phi) is 9.87. The molecule has 0 aliphatic carbocycles. The molecule has 178 valence electrons. The molecule has 0 spiro atoms. The fourth-order valence-electron chi connectivity index (χ4n) is 4.14. The number of hydrogen-bond donors (Lipinski definition) is 0. The topological polar surface area (TPSA) is 69.7 Å². The van der Waals surface area contributed by atoms with Gasteiger partial charge in [-0.2, -0.15) is 0 Å². The molecule has 0 aromatic carbocycles. The van der Waals surface area contributed by atoms with Crippen LogP contribution < -0.4 is 0 Å². The fourth-order valence-corrected chi connectivity index (χ4v) is 4.14. The lowest BCUT2D eigenvalue weighted by Gasteiger charge is -2.23. The highest BCUT2D eigenvalue weighted by Gasteiger charge is 2.47. The lowest BCUT2D eigenvalue weighted by molar-refractivity contribution is -0.199. The third-order valence-electron chi connectivity index (χ3n) is 5.86. The van der Waals surface area contributed by atoms with Crippen LogP contribution in [0.4, 0.5) is 0 Å². The van der Waals surface area contributed by atoms with Crippen LogP contribution >= 0.6 is 0 Å². The number of carbonyl (C=O) groups is 3. The highest BCUT2D eigenvalue weighted by Crippen LogP contribution is 2.35. The van der Waals surface area contributed by atoms with Crippen LogP contribution in [0.25, 0.3) is 0 Å². The van der Waals surface area contributed by atoms with E-state index in [1.165, 1.54) is 13.8 Å². The van der Waals surface area contributed by atoms with Crippen molar-refractivity contribution >= 4 is 17.5 Å². The molecule has 5 heteroatoms. The van der Waals surface area contributed by atoms with Crippen molar-refractivity contribution in [3.63, 3.8) is 0 Å². The summed E-state index contributed by atoms with van der Waals surface area (Å²) in [7, 11) is 0. The Morgan fingerprint density at radius 2 is 1.69 bits per heavy atom. The lowest BCUT2D eigenvalue weighted by Crippen LogP contribution is -2.38. The van der Waals surface area contributed by atoms with Crippen molar-refractivity contribution < 1.29 is 23.9 Å². The fraction of sp³-hybridized carbons (Fsp3) is 0.593. The molecule has 0 saturated carbocycles. The SMILES string of the molecule is CC[C@H](C)C[C@H](C)C(=O)/C(C)=C/C(C)/C=C(C)/C=C(\C)C1=C(C)C(=O)C(C)(OC(C)=O)O1. The van der Waals surface area contributed by atoms with E-state index in [4.69, 9.17) is 9.47 Å². The molecule has 1 heterocycles. The molecular weight excluding hydrogens is 404 g/mol. The van der Waals surface area contributed by atoms with Crippen molar-refractivity contribution in [3.05, 3.63) is 46.3 Å². The standard InChI is InChI=1S/C27H40O5/c1-11-16(2)13-19(5)24(29)20(6)14-17(3)12-18(4)15-21(7)25-22(8)26(30)27(10,32-25)31-23(9)28/h12,14-17,19H,11,13H2,1-10H3/b18-12+,20-14+,21-15+/t16-,17?,19-,27?/m0/s1. The molecule has 0 N–H and O–H groups in total. The molecule has 1 rings (SSSR count). The van der Waals surface area contributed by atoms with Gasteiger partial charge in [-0.1, -0.05) is 57.9 Å². The quantitative estimate of drug-likeness (QED) is 0.226. The molecule has 0 fully saturated rings. The largest absolute Gasteiger partial charge is 0.445 e. The van der Waals surface area contributed by atoms with Crippen LogP contribution in [0.15, 0.2) is 46.3 Å². The second kappa shape index (κ2) is 11.4. The summed E-state index contributed by atoms with van der Waals surface area (Å²) in [5, 5.41) is 0. The maximum atomic E-state index is 12.7. The van der Waals surface area contributed by atoms with Gasteiger partial charge in [-0.25, -0.2) is 0 Å². The van der Waals surface area contributed by atoms with Crippen molar-refractivity contribution in [2.45, 2.75) is 87.9 Å². The highest BCUT2D eigenvalue weighted by atomic mass is 16.7. The van der Waals surface area contributed by atoms with E-state index in [1.54, 1.807) is 6.92 Å². The third kappa shape index (κ3) is 7.32. The van der Waals surface area contributed by atoms with Crippen LogP contribution in [0.5, 0.6) is 0 Å². The number of rotatable bonds is 10. The Hall–Kier alpha value is -2.43. The maximum absolute atomic E-state index is 12.7. The normalized spacial score (nSPS) is 23.1. The van der Waals surface area contributed by atoms with Gasteiger partial charge in [0.05, 0.1) is 0 Å². The van der Waals surface area contributed by atoms with Crippen LogP contribution in [0.2, 0.25) is 0 Å². The Bertz CT molecular complexity index is 870. The molecule has 32 heavy (non-hydrogen) atoms. The van der Waals surface area contributed by atoms with Crippen LogP contribution in [0.3, 0.4) is 0 Å². The molecule has 4 atom stereocenters. The summed E-state index contributed by atoms with van der Waals surface area (Å²) in [5.41, 5.74) is 2.97. The minimum absolute atomic E-state index is 0.0270. The van der Waals surface area contributed by atoms with E-state index in [-0.39, 0.29) is 23.4 Å². The zero-order valence-corrected chi connectivity index (χ0v) is 21.4. The first-order valence-electron chi connectivity index (χ1n) is 11.5. The Morgan fingerprint density at radius 3 is 2.22 bits per heavy atom. The molecule has 0 amide bonds. The molecule has 5 nitrogen and oxygen atoms in total. The van der Waals surface area contributed by atoms with Crippen LogP contribution in [0.1, 0.15) is 82.1 Å². The molecule has 1 aliphatic rings. The van der Waals surface area contributed by atoms with E-state index in [0.717, 1.165) is 29.6 Å². The molecular formula is C27H40O5. The Labute approximate surface area is 193 Å². The summed E-state index contributed by atoms with van der Waals surface area (Å²) in [6.45, 7) is 18.5. The minimum Gasteiger partial charge on any atom is -0.445 e. The van der Waals surface area contributed by atoms with E-state index >= 15 is 0 Å². The Morgan fingerprint density at radius 1 is 1.09 bits per heavy atom. The first-order chi connectivity index (χ1) is 14.7. The van der Waals surface area contributed by atoms with Gasteiger partial charge in [0, 0.05) is 25.3 Å². The van der Waals surface area contributed by atoms with Crippen LogP contribution in [0, 0.1) is 17.8 Å². The van der Waals surface area contributed by atoms with E-state index in [1.807, 2.05) is 46.8 Å². The molecule has 0 bridgehead atoms. The first-order valence-corrected chi connectivity index (χ1v) is 11.5. The molecule has 1 aliphatic heterocycles. The van der Waals surface area contributed by atoms with Gasteiger partial charge < -0.3 is 9.47 Å². The van der Waals surface area contributed by atoms with E-state index in [2.05, 4.69) is 19.9 Å². The average Bonchev–Trinajstić information content (AvgIpc) is 2.90. The summed E-state index contributed by atoms with van der Waals surface area (Å²) in [5.74, 6) is -1.26. The smallest absolute Gasteiger partial charge is 0.315 e. The van der Waals surface area contributed by atoms with Gasteiger partial charge in [0.15, 0.2) is 5.78 Å².